The van der Waals surface area contributed by atoms with E-state index in [-0.39, 0.29) is 12.8 Å². The predicted molar refractivity (Wildman–Crippen MR) is 62.4 cm³/mol. The number of hydrogen-bond donors (Lipinski definition) is 1. The summed E-state index contributed by atoms with van der Waals surface area (Å²) in [7, 11) is 1.69. The second-order valence-electron chi connectivity index (χ2n) is 3.92. The molecule has 2 rings (SSSR count). The van der Waals surface area contributed by atoms with Gasteiger partial charge in [0.1, 0.15) is 11.5 Å². The molecule has 0 amide bonds. The number of nitrogens with zero attached hydrogens (tertiary/aromatic N) is 3. The van der Waals surface area contributed by atoms with Gasteiger partial charge >= 0.3 is 5.97 Å². The zero-order valence-corrected chi connectivity index (χ0v) is 9.80. The number of aromatic nitrogens is 3. The van der Waals surface area contributed by atoms with Crippen molar-refractivity contribution in [2.75, 3.05) is 0 Å². The topological polar surface area (TPSA) is 68.0 Å². The quantitative estimate of drug-likeness (QED) is 0.894. The number of aliphatic carboxylic acids is 1. The molecule has 1 N–H and O–H groups in total. The molecule has 0 atom stereocenters. The van der Waals surface area contributed by atoms with Crippen LogP contribution in [-0.2, 0) is 18.3 Å². The van der Waals surface area contributed by atoms with E-state index >= 15 is 0 Å². The van der Waals surface area contributed by atoms with E-state index in [1.807, 2.05) is 0 Å². The van der Waals surface area contributed by atoms with Crippen LogP contribution in [0.1, 0.15) is 12.0 Å². The van der Waals surface area contributed by atoms with Crippen LogP contribution in [0.4, 0.5) is 4.39 Å². The first kappa shape index (κ1) is 12.2. The van der Waals surface area contributed by atoms with E-state index in [0.717, 1.165) is 5.56 Å². The highest BCUT2D eigenvalue weighted by Crippen LogP contribution is 2.20. The fourth-order valence-electron chi connectivity index (χ4n) is 1.65. The van der Waals surface area contributed by atoms with Crippen LogP contribution in [0, 0.1) is 5.82 Å². The molecule has 5 nitrogen and oxygen atoms in total. The third kappa shape index (κ3) is 2.71. The minimum absolute atomic E-state index is 0.0964. The van der Waals surface area contributed by atoms with Crippen LogP contribution in [0.5, 0.6) is 0 Å². The SMILES string of the molecule is Cn1ncc(-c2ccc(F)c(CCC(=O)O)c2)n1. The number of benzene rings is 1. The lowest BCUT2D eigenvalue weighted by atomic mass is 10.0. The third-order valence-corrected chi connectivity index (χ3v) is 2.55. The molecule has 1 aromatic heterocycles. The number of halogens is 1. The van der Waals surface area contributed by atoms with Gasteiger partial charge in [-0.05, 0) is 30.2 Å². The summed E-state index contributed by atoms with van der Waals surface area (Å²) in [6.45, 7) is 0. The smallest absolute Gasteiger partial charge is 0.303 e. The van der Waals surface area contributed by atoms with Gasteiger partial charge in [-0.2, -0.15) is 15.0 Å². The molecule has 0 bridgehead atoms. The molecule has 0 unspecified atom stereocenters. The van der Waals surface area contributed by atoms with Gasteiger partial charge in [-0.15, -0.1) is 0 Å². The molecule has 6 heteroatoms. The summed E-state index contributed by atoms with van der Waals surface area (Å²) in [4.78, 5) is 11.9. The fourth-order valence-corrected chi connectivity index (χ4v) is 1.65. The number of hydrogen-bond acceptors (Lipinski definition) is 3. The lowest BCUT2D eigenvalue weighted by molar-refractivity contribution is -0.136. The van der Waals surface area contributed by atoms with Crippen molar-refractivity contribution in [2.45, 2.75) is 12.8 Å². The van der Waals surface area contributed by atoms with Gasteiger partial charge in [0.15, 0.2) is 0 Å². The summed E-state index contributed by atoms with van der Waals surface area (Å²) in [5, 5.41) is 16.7. The fraction of sp³-hybridized carbons (Fsp3) is 0.250. The molecule has 0 aliphatic carbocycles. The molecule has 1 heterocycles. The first-order valence-corrected chi connectivity index (χ1v) is 5.43. The van der Waals surface area contributed by atoms with Crippen molar-refractivity contribution < 1.29 is 14.3 Å². The molecule has 94 valence electrons. The van der Waals surface area contributed by atoms with Crippen molar-refractivity contribution in [3.05, 3.63) is 35.8 Å². The highest BCUT2D eigenvalue weighted by molar-refractivity contribution is 5.67. The van der Waals surface area contributed by atoms with E-state index in [1.165, 1.54) is 10.9 Å². The largest absolute Gasteiger partial charge is 0.481 e. The maximum atomic E-state index is 13.5. The Hall–Kier alpha value is -2.24. The zero-order valence-electron chi connectivity index (χ0n) is 9.80. The Morgan fingerprint density at radius 2 is 2.28 bits per heavy atom. The van der Waals surface area contributed by atoms with E-state index < -0.39 is 11.8 Å². The Balaban J connectivity index is 2.28. The van der Waals surface area contributed by atoms with Gasteiger partial charge in [0, 0.05) is 19.0 Å². The van der Waals surface area contributed by atoms with Crippen LogP contribution in [-0.4, -0.2) is 26.1 Å². The zero-order chi connectivity index (χ0) is 13.1. The number of rotatable bonds is 4. The van der Waals surface area contributed by atoms with Gasteiger partial charge in [-0.3, -0.25) is 4.79 Å². The van der Waals surface area contributed by atoms with E-state index in [2.05, 4.69) is 10.2 Å². The van der Waals surface area contributed by atoms with Gasteiger partial charge in [-0.1, -0.05) is 0 Å². The van der Waals surface area contributed by atoms with E-state index in [4.69, 9.17) is 5.11 Å². The highest BCUT2D eigenvalue weighted by atomic mass is 19.1. The Kier molecular flexibility index (Phi) is 3.36. The second kappa shape index (κ2) is 4.95. The van der Waals surface area contributed by atoms with Crippen LogP contribution in [0.3, 0.4) is 0 Å². The lowest BCUT2D eigenvalue weighted by Crippen LogP contribution is -2.00. The maximum absolute atomic E-state index is 13.5. The molecule has 0 saturated heterocycles. The molecular formula is C12H12FN3O2. The van der Waals surface area contributed by atoms with Crippen molar-refractivity contribution >= 4 is 5.97 Å². The molecule has 0 aliphatic rings. The summed E-state index contributed by atoms with van der Waals surface area (Å²) in [6.07, 6.45) is 1.64. The number of carboxylic acids is 1. The molecule has 0 fully saturated rings. The van der Waals surface area contributed by atoms with Gasteiger partial charge in [-0.25, -0.2) is 4.39 Å². The van der Waals surface area contributed by atoms with Crippen molar-refractivity contribution in [3.8, 4) is 11.3 Å². The molecular weight excluding hydrogens is 237 g/mol. The summed E-state index contributed by atoms with van der Waals surface area (Å²) in [5.41, 5.74) is 1.74. The highest BCUT2D eigenvalue weighted by Gasteiger charge is 2.09. The normalized spacial score (nSPS) is 10.6. The standard InChI is InChI=1S/C12H12FN3O2/c1-16-14-7-11(15-16)9-2-4-10(13)8(6-9)3-5-12(17)18/h2,4,6-7H,3,5H2,1H3,(H,17,18). The van der Waals surface area contributed by atoms with Gasteiger partial charge < -0.3 is 5.11 Å². The van der Waals surface area contributed by atoms with E-state index in [0.29, 0.717) is 11.3 Å². The molecule has 0 saturated carbocycles. The van der Waals surface area contributed by atoms with E-state index in [1.54, 1.807) is 25.4 Å². The summed E-state index contributed by atoms with van der Waals surface area (Å²) in [5.74, 6) is -1.34. The first-order valence-electron chi connectivity index (χ1n) is 5.43. The molecule has 0 aliphatic heterocycles. The maximum Gasteiger partial charge on any atom is 0.303 e. The molecule has 18 heavy (non-hydrogen) atoms. The monoisotopic (exact) mass is 249 g/mol. The minimum Gasteiger partial charge on any atom is -0.481 e. The van der Waals surface area contributed by atoms with Gasteiger partial charge in [0.25, 0.3) is 0 Å². The third-order valence-electron chi connectivity index (χ3n) is 2.55. The van der Waals surface area contributed by atoms with Crippen LogP contribution >= 0.6 is 0 Å². The molecule has 0 radical (unpaired) electrons. The van der Waals surface area contributed by atoms with Crippen molar-refractivity contribution in [1.82, 2.24) is 15.0 Å². The lowest BCUT2D eigenvalue weighted by Gasteiger charge is -2.03. The minimum atomic E-state index is -0.945. The average molecular weight is 249 g/mol. The predicted octanol–water partition coefficient (Wildman–Crippen LogP) is 1.64. The average Bonchev–Trinajstić information content (AvgIpc) is 2.74. The summed E-state index contributed by atoms with van der Waals surface area (Å²) < 4.78 is 13.5. The Morgan fingerprint density at radius 3 is 2.89 bits per heavy atom. The van der Waals surface area contributed by atoms with Crippen LogP contribution < -0.4 is 0 Å². The number of aryl methyl sites for hydroxylation is 2. The Labute approximate surface area is 103 Å². The van der Waals surface area contributed by atoms with Crippen LogP contribution in [0.15, 0.2) is 24.4 Å². The number of carbonyl (C=O) groups is 1. The van der Waals surface area contributed by atoms with Crippen molar-refractivity contribution in [2.24, 2.45) is 7.05 Å². The van der Waals surface area contributed by atoms with Gasteiger partial charge in [0.05, 0.1) is 6.20 Å². The Bertz CT molecular complexity index is 580. The second-order valence-corrected chi connectivity index (χ2v) is 3.92. The molecule has 1 aromatic carbocycles. The van der Waals surface area contributed by atoms with Gasteiger partial charge in [0.2, 0.25) is 0 Å². The van der Waals surface area contributed by atoms with Crippen molar-refractivity contribution in [3.63, 3.8) is 0 Å². The summed E-state index contributed by atoms with van der Waals surface area (Å²) >= 11 is 0. The Morgan fingerprint density at radius 1 is 1.50 bits per heavy atom. The van der Waals surface area contributed by atoms with Crippen LogP contribution in [0.2, 0.25) is 0 Å². The first-order chi connectivity index (χ1) is 8.56. The van der Waals surface area contributed by atoms with Crippen LogP contribution in [0.25, 0.3) is 11.3 Å². The molecule has 0 spiro atoms. The summed E-state index contributed by atoms with van der Waals surface area (Å²) in [6, 6.07) is 4.53. The molecule has 2 aromatic rings. The van der Waals surface area contributed by atoms with E-state index in [9.17, 15) is 9.18 Å². The van der Waals surface area contributed by atoms with Crippen molar-refractivity contribution in [1.29, 1.82) is 0 Å². The number of carboxylic acid groups (broad SMARTS) is 1.